The van der Waals surface area contributed by atoms with Gasteiger partial charge < -0.3 is 10.0 Å². The molecule has 1 heterocycles. The molecule has 1 N–H and O–H groups in total. The predicted molar refractivity (Wildman–Crippen MR) is 66.9 cm³/mol. The van der Waals surface area contributed by atoms with E-state index in [1.165, 1.54) is 23.1 Å². The van der Waals surface area contributed by atoms with Crippen LogP contribution in [0.25, 0.3) is 0 Å². The minimum Gasteiger partial charge on any atom is -0.481 e. The van der Waals surface area contributed by atoms with Gasteiger partial charge in [0.2, 0.25) is 5.91 Å². The standard InChI is InChI=1S/C14H16FNO3/c1-16-12(17)7-3-6-11(14(18)19)13(16)9-4-2-5-10(15)8-9/h2,4-5,8,11,13H,3,6-7H2,1H3,(H,18,19). The largest absolute Gasteiger partial charge is 0.481 e. The highest BCUT2D eigenvalue weighted by Crippen LogP contribution is 2.35. The average molecular weight is 265 g/mol. The Morgan fingerprint density at radius 3 is 2.84 bits per heavy atom. The van der Waals surface area contributed by atoms with Crippen LogP contribution in [0.1, 0.15) is 30.9 Å². The number of carboxylic acid groups (broad SMARTS) is 1. The van der Waals surface area contributed by atoms with E-state index in [-0.39, 0.29) is 5.91 Å². The molecule has 0 saturated carbocycles. The maximum Gasteiger partial charge on any atom is 0.308 e. The van der Waals surface area contributed by atoms with Crippen LogP contribution in [0.4, 0.5) is 4.39 Å². The Morgan fingerprint density at radius 1 is 1.47 bits per heavy atom. The number of hydrogen-bond donors (Lipinski definition) is 1. The Hall–Kier alpha value is -1.91. The summed E-state index contributed by atoms with van der Waals surface area (Å²) in [5.74, 6) is -2.17. The molecule has 2 rings (SSSR count). The summed E-state index contributed by atoms with van der Waals surface area (Å²) < 4.78 is 13.3. The molecule has 2 unspecified atom stereocenters. The number of hydrogen-bond acceptors (Lipinski definition) is 2. The molecule has 1 aromatic carbocycles. The molecule has 2 atom stereocenters. The lowest BCUT2D eigenvalue weighted by molar-refractivity contribution is -0.145. The Balaban J connectivity index is 2.44. The van der Waals surface area contributed by atoms with Gasteiger partial charge in [-0.05, 0) is 30.5 Å². The Kier molecular flexibility index (Phi) is 3.83. The van der Waals surface area contributed by atoms with Gasteiger partial charge >= 0.3 is 5.97 Å². The van der Waals surface area contributed by atoms with Crippen molar-refractivity contribution in [2.24, 2.45) is 5.92 Å². The molecule has 1 aliphatic heterocycles. The molecule has 0 radical (unpaired) electrons. The molecule has 1 saturated heterocycles. The third-order valence-electron chi connectivity index (χ3n) is 3.60. The Morgan fingerprint density at radius 2 is 2.21 bits per heavy atom. The van der Waals surface area contributed by atoms with Crippen molar-refractivity contribution in [3.05, 3.63) is 35.6 Å². The maximum atomic E-state index is 13.3. The Bertz CT molecular complexity index is 503. The summed E-state index contributed by atoms with van der Waals surface area (Å²) in [7, 11) is 1.58. The number of carboxylic acids is 1. The van der Waals surface area contributed by atoms with E-state index in [0.717, 1.165) is 0 Å². The number of rotatable bonds is 2. The van der Waals surface area contributed by atoms with Gasteiger partial charge in [-0.25, -0.2) is 4.39 Å². The van der Waals surface area contributed by atoms with Crippen LogP contribution in [0, 0.1) is 11.7 Å². The monoisotopic (exact) mass is 265 g/mol. The van der Waals surface area contributed by atoms with Crippen LogP contribution in [-0.4, -0.2) is 28.9 Å². The first-order valence-electron chi connectivity index (χ1n) is 6.24. The van der Waals surface area contributed by atoms with Crippen molar-refractivity contribution >= 4 is 11.9 Å². The molecular formula is C14H16FNO3. The number of nitrogens with zero attached hydrogens (tertiary/aromatic N) is 1. The second-order valence-electron chi connectivity index (χ2n) is 4.84. The summed E-state index contributed by atoms with van der Waals surface area (Å²) in [6, 6.07) is 5.20. The first-order valence-corrected chi connectivity index (χ1v) is 6.24. The highest BCUT2D eigenvalue weighted by molar-refractivity contribution is 5.79. The molecule has 1 fully saturated rings. The van der Waals surface area contributed by atoms with Gasteiger partial charge in [0.1, 0.15) is 5.82 Å². The fraction of sp³-hybridized carbons (Fsp3) is 0.429. The topological polar surface area (TPSA) is 57.6 Å². The molecule has 0 bridgehead atoms. The second-order valence-corrected chi connectivity index (χ2v) is 4.84. The van der Waals surface area contributed by atoms with Crippen LogP contribution in [0.2, 0.25) is 0 Å². The van der Waals surface area contributed by atoms with Gasteiger partial charge in [-0.1, -0.05) is 12.1 Å². The highest BCUT2D eigenvalue weighted by atomic mass is 19.1. The first kappa shape index (κ1) is 13.5. The summed E-state index contributed by atoms with van der Waals surface area (Å²) in [6.07, 6.45) is 1.31. The number of amides is 1. The quantitative estimate of drug-likeness (QED) is 0.892. The van der Waals surface area contributed by atoms with Crippen LogP contribution in [0.3, 0.4) is 0 Å². The van der Waals surface area contributed by atoms with Crippen LogP contribution < -0.4 is 0 Å². The van der Waals surface area contributed by atoms with Gasteiger partial charge in [0.05, 0.1) is 12.0 Å². The molecule has 5 heteroatoms. The SMILES string of the molecule is CN1C(=O)CCCC(C(=O)O)C1c1cccc(F)c1. The first-order chi connectivity index (χ1) is 9.00. The normalized spacial score (nSPS) is 24.1. The summed E-state index contributed by atoms with van der Waals surface area (Å²) >= 11 is 0. The minimum absolute atomic E-state index is 0.0991. The molecular weight excluding hydrogens is 249 g/mol. The predicted octanol–water partition coefficient (Wildman–Crippen LogP) is 2.21. The van der Waals surface area contributed by atoms with Crippen molar-refractivity contribution in [3.8, 4) is 0 Å². The van der Waals surface area contributed by atoms with Gasteiger partial charge in [0.15, 0.2) is 0 Å². The summed E-state index contributed by atoms with van der Waals surface area (Å²) in [6.45, 7) is 0. The lowest BCUT2D eigenvalue weighted by Crippen LogP contribution is -2.36. The van der Waals surface area contributed by atoms with E-state index in [9.17, 15) is 19.1 Å². The van der Waals surface area contributed by atoms with Gasteiger partial charge in [-0.15, -0.1) is 0 Å². The number of carbonyl (C=O) groups excluding carboxylic acids is 1. The zero-order chi connectivity index (χ0) is 14.0. The van der Waals surface area contributed by atoms with Crippen molar-refractivity contribution < 1.29 is 19.1 Å². The van der Waals surface area contributed by atoms with Gasteiger partial charge in [-0.3, -0.25) is 9.59 Å². The van der Waals surface area contributed by atoms with Crippen molar-refractivity contribution in [3.63, 3.8) is 0 Å². The zero-order valence-electron chi connectivity index (χ0n) is 10.7. The van der Waals surface area contributed by atoms with Crippen LogP contribution in [0.15, 0.2) is 24.3 Å². The van der Waals surface area contributed by atoms with E-state index in [4.69, 9.17) is 0 Å². The minimum atomic E-state index is -0.948. The van der Waals surface area contributed by atoms with Crippen LogP contribution in [0.5, 0.6) is 0 Å². The van der Waals surface area contributed by atoms with Crippen LogP contribution in [-0.2, 0) is 9.59 Å². The van der Waals surface area contributed by atoms with E-state index >= 15 is 0 Å². The van der Waals surface area contributed by atoms with Crippen molar-refractivity contribution in [2.45, 2.75) is 25.3 Å². The van der Waals surface area contributed by atoms with Crippen molar-refractivity contribution in [2.75, 3.05) is 7.05 Å². The molecule has 102 valence electrons. The number of halogens is 1. The van der Waals surface area contributed by atoms with Crippen LogP contribution >= 0.6 is 0 Å². The number of carbonyl (C=O) groups is 2. The van der Waals surface area contributed by atoms with E-state index in [0.29, 0.717) is 24.8 Å². The lowest BCUT2D eigenvalue weighted by atomic mass is 9.89. The van der Waals surface area contributed by atoms with Gasteiger partial charge in [0.25, 0.3) is 0 Å². The number of benzene rings is 1. The molecule has 1 amide bonds. The molecule has 0 aliphatic carbocycles. The van der Waals surface area contributed by atoms with Crippen molar-refractivity contribution in [1.29, 1.82) is 0 Å². The molecule has 4 nitrogen and oxygen atoms in total. The fourth-order valence-corrected chi connectivity index (χ4v) is 2.64. The summed E-state index contributed by atoms with van der Waals surface area (Å²) in [5.41, 5.74) is 0.533. The molecule has 19 heavy (non-hydrogen) atoms. The average Bonchev–Trinajstić information content (AvgIpc) is 2.50. The summed E-state index contributed by atoms with van der Waals surface area (Å²) in [4.78, 5) is 24.7. The number of aliphatic carboxylic acids is 1. The second kappa shape index (κ2) is 5.38. The Labute approximate surface area is 110 Å². The molecule has 1 aromatic rings. The van der Waals surface area contributed by atoms with E-state index in [1.54, 1.807) is 13.1 Å². The number of likely N-dealkylation sites (tertiary alicyclic amines) is 1. The molecule has 0 spiro atoms. The van der Waals surface area contributed by atoms with Gasteiger partial charge in [0, 0.05) is 13.5 Å². The third-order valence-corrected chi connectivity index (χ3v) is 3.60. The molecule has 0 aromatic heterocycles. The molecule has 1 aliphatic rings. The maximum absolute atomic E-state index is 13.3. The lowest BCUT2D eigenvalue weighted by Gasteiger charge is -2.30. The third kappa shape index (κ3) is 2.75. The smallest absolute Gasteiger partial charge is 0.308 e. The highest BCUT2D eigenvalue weighted by Gasteiger charge is 2.36. The van der Waals surface area contributed by atoms with Crippen molar-refractivity contribution in [1.82, 2.24) is 4.90 Å². The van der Waals surface area contributed by atoms with E-state index < -0.39 is 23.7 Å². The fourth-order valence-electron chi connectivity index (χ4n) is 2.64. The van der Waals surface area contributed by atoms with E-state index in [2.05, 4.69) is 0 Å². The van der Waals surface area contributed by atoms with E-state index in [1.807, 2.05) is 0 Å². The zero-order valence-corrected chi connectivity index (χ0v) is 10.7. The van der Waals surface area contributed by atoms with Gasteiger partial charge in [-0.2, -0.15) is 0 Å². The summed E-state index contributed by atoms with van der Waals surface area (Å²) in [5, 5.41) is 9.34.